The van der Waals surface area contributed by atoms with Gasteiger partial charge in [0.15, 0.2) is 0 Å². The third-order valence-corrected chi connectivity index (χ3v) is 4.28. The maximum Gasteiger partial charge on any atom is 0.416 e. The summed E-state index contributed by atoms with van der Waals surface area (Å²) in [6, 6.07) is 5.87. The molecular weight excluding hydrogens is 277 g/mol. The molecule has 21 heavy (non-hydrogen) atoms. The van der Waals surface area contributed by atoms with Gasteiger partial charge in [0, 0.05) is 32.2 Å². The molecule has 2 atom stereocenters. The fourth-order valence-electron chi connectivity index (χ4n) is 2.98. The predicted molar refractivity (Wildman–Crippen MR) is 78.1 cm³/mol. The molecule has 1 heterocycles. The Morgan fingerprint density at radius 2 is 1.90 bits per heavy atom. The number of piperazine rings is 1. The minimum Gasteiger partial charge on any atom is -0.314 e. The van der Waals surface area contributed by atoms with Crippen molar-refractivity contribution in [2.75, 3.05) is 26.2 Å². The van der Waals surface area contributed by atoms with Gasteiger partial charge >= 0.3 is 6.18 Å². The van der Waals surface area contributed by atoms with Crippen LogP contribution in [0, 0.1) is 5.92 Å². The summed E-state index contributed by atoms with van der Waals surface area (Å²) >= 11 is 0. The zero-order valence-electron chi connectivity index (χ0n) is 12.6. The summed E-state index contributed by atoms with van der Waals surface area (Å²) in [5.74, 6) is 0.326. The first kappa shape index (κ1) is 16.3. The first-order valence-electron chi connectivity index (χ1n) is 7.55. The largest absolute Gasteiger partial charge is 0.416 e. The normalized spacial score (nSPS) is 20.2. The maximum atomic E-state index is 12.9. The molecule has 0 radical (unpaired) electrons. The van der Waals surface area contributed by atoms with Gasteiger partial charge in [0.2, 0.25) is 0 Å². The highest BCUT2D eigenvalue weighted by molar-refractivity contribution is 5.28. The number of hydrogen-bond acceptors (Lipinski definition) is 2. The molecule has 2 rings (SSSR count). The van der Waals surface area contributed by atoms with E-state index in [0.717, 1.165) is 44.2 Å². The molecule has 1 aliphatic heterocycles. The standard InChI is InChI=1S/C16H23F3N2/c1-3-12(2)15(21-9-7-20-8-10-21)13-5-4-6-14(11-13)16(17,18)19/h4-6,11-12,15,20H,3,7-10H2,1-2H3/t12?,15-/m1/s1. The number of rotatable bonds is 4. The van der Waals surface area contributed by atoms with Crippen LogP contribution in [0.2, 0.25) is 0 Å². The van der Waals surface area contributed by atoms with E-state index in [-0.39, 0.29) is 6.04 Å². The lowest BCUT2D eigenvalue weighted by molar-refractivity contribution is -0.137. The quantitative estimate of drug-likeness (QED) is 0.912. The van der Waals surface area contributed by atoms with E-state index in [2.05, 4.69) is 24.1 Å². The number of hydrogen-bond donors (Lipinski definition) is 1. The Kier molecular flexibility index (Phi) is 5.27. The molecule has 1 aliphatic rings. The fourth-order valence-corrected chi connectivity index (χ4v) is 2.98. The molecule has 2 nitrogen and oxygen atoms in total. The van der Waals surface area contributed by atoms with Crippen LogP contribution < -0.4 is 5.32 Å². The summed E-state index contributed by atoms with van der Waals surface area (Å²) in [6.07, 6.45) is -3.33. The summed E-state index contributed by atoms with van der Waals surface area (Å²) < 4.78 is 38.8. The van der Waals surface area contributed by atoms with Gasteiger partial charge in [-0.2, -0.15) is 13.2 Å². The van der Waals surface area contributed by atoms with Crippen molar-refractivity contribution < 1.29 is 13.2 Å². The van der Waals surface area contributed by atoms with Crippen LogP contribution in [-0.2, 0) is 6.18 Å². The second-order valence-electron chi connectivity index (χ2n) is 5.74. The summed E-state index contributed by atoms with van der Waals surface area (Å²) in [5.41, 5.74) is 0.226. The van der Waals surface area contributed by atoms with E-state index < -0.39 is 11.7 Å². The van der Waals surface area contributed by atoms with Crippen LogP contribution in [0.5, 0.6) is 0 Å². The topological polar surface area (TPSA) is 15.3 Å². The molecule has 0 bridgehead atoms. The molecule has 1 aromatic carbocycles. The van der Waals surface area contributed by atoms with Gasteiger partial charge in [0.05, 0.1) is 5.56 Å². The van der Waals surface area contributed by atoms with Crippen molar-refractivity contribution in [1.29, 1.82) is 0 Å². The Morgan fingerprint density at radius 3 is 2.48 bits per heavy atom. The Balaban J connectivity index is 2.32. The molecule has 1 fully saturated rings. The molecule has 1 N–H and O–H groups in total. The van der Waals surface area contributed by atoms with Crippen LogP contribution in [0.3, 0.4) is 0 Å². The van der Waals surface area contributed by atoms with Gasteiger partial charge in [-0.15, -0.1) is 0 Å². The minimum atomic E-state index is -4.28. The number of nitrogens with one attached hydrogen (secondary N) is 1. The summed E-state index contributed by atoms with van der Waals surface area (Å²) in [4.78, 5) is 2.31. The van der Waals surface area contributed by atoms with E-state index in [1.165, 1.54) is 12.1 Å². The zero-order valence-corrected chi connectivity index (χ0v) is 12.6. The van der Waals surface area contributed by atoms with Gasteiger partial charge in [0.1, 0.15) is 0 Å². The lowest BCUT2D eigenvalue weighted by atomic mass is 9.89. The molecule has 0 aromatic heterocycles. The Hall–Kier alpha value is -1.07. The van der Waals surface area contributed by atoms with Crippen LogP contribution in [0.4, 0.5) is 13.2 Å². The minimum absolute atomic E-state index is 0.0550. The number of benzene rings is 1. The van der Waals surface area contributed by atoms with Crippen molar-refractivity contribution in [3.63, 3.8) is 0 Å². The van der Waals surface area contributed by atoms with E-state index >= 15 is 0 Å². The molecular formula is C16H23F3N2. The second kappa shape index (κ2) is 6.79. The van der Waals surface area contributed by atoms with Crippen molar-refractivity contribution in [2.45, 2.75) is 32.5 Å². The molecule has 1 saturated heterocycles. The number of halogens is 3. The highest BCUT2D eigenvalue weighted by Crippen LogP contribution is 2.35. The molecule has 1 unspecified atom stereocenters. The number of alkyl halides is 3. The van der Waals surface area contributed by atoms with Gasteiger partial charge in [-0.1, -0.05) is 32.4 Å². The Labute approximate surface area is 124 Å². The van der Waals surface area contributed by atoms with Crippen molar-refractivity contribution in [3.8, 4) is 0 Å². The van der Waals surface area contributed by atoms with E-state index in [0.29, 0.717) is 5.92 Å². The maximum absolute atomic E-state index is 12.9. The first-order chi connectivity index (χ1) is 9.93. The second-order valence-corrected chi connectivity index (χ2v) is 5.74. The van der Waals surface area contributed by atoms with Crippen LogP contribution in [0.15, 0.2) is 24.3 Å². The molecule has 0 aliphatic carbocycles. The Morgan fingerprint density at radius 1 is 1.24 bits per heavy atom. The Bertz CT molecular complexity index is 453. The zero-order chi connectivity index (χ0) is 15.5. The molecule has 0 amide bonds. The van der Waals surface area contributed by atoms with E-state index in [9.17, 15) is 13.2 Å². The third kappa shape index (κ3) is 3.98. The molecule has 0 spiro atoms. The summed E-state index contributed by atoms with van der Waals surface area (Å²) in [5, 5.41) is 3.29. The third-order valence-electron chi connectivity index (χ3n) is 4.28. The van der Waals surface area contributed by atoms with Gasteiger partial charge < -0.3 is 5.32 Å². The fraction of sp³-hybridized carbons (Fsp3) is 0.625. The number of nitrogens with zero attached hydrogens (tertiary/aromatic N) is 1. The van der Waals surface area contributed by atoms with Crippen LogP contribution in [0.25, 0.3) is 0 Å². The predicted octanol–water partition coefficient (Wildman–Crippen LogP) is 3.70. The van der Waals surface area contributed by atoms with Crippen molar-refractivity contribution in [3.05, 3.63) is 35.4 Å². The SMILES string of the molecule is CCC(C)[C@H](c1cccc(C(F)(F)F)c1)N1CCNCC1. The van der Waals surface area contributed by atoms with Gasteiger partial charge in [-0.3, -0.25) is 4.90 Å². The summed E-state index contributed by atoms with van der Waals surface area (Å²) in [7, 11) is 0. The first-order valence-corrected chi connectivity index (χ1v) is 7.55. The van der Waals surface area contributed by atoms with Crippen molar-refractivity contribution >= 4 is 0 Å². The average Bonchev–Trinajstić information content (AvgIpc) is 2.48. The van der Waals surface area contributed by atoms with Crippen LogP contribution in [0.1, 0.15) is 37.4 Å². The van der Waals surface area contributed by atoms with E-state index in [1.807, 2.05) is 6.07 Å². The molecule has 0 saturated carbocycles. The average molecular weight is 300 g/mol. The summed E-state index contributed by atoms with van der Waals surface area (Å²) in [6.45, 7) is 7.76. The monoisotopic (exact) mass is 300 g/mol. The van der Waals surface area contributed by atoms with Crippen LogP contribution >= 0.6 is 0 Å². The van der Waals surface area contributed by atoms with E-state index in [1.54, 1.807) is 0 Å². The highest BCUT2D eigenvalue weighted by atomic mass is 19.4. The smallest absolute Gasteiger partial charge is 0.314 e. The molecule has 5 heteroatoms. The lowest BCUT2D eigenvalue weighted by Crippen LogP contribution is -2.46. The van der Waals surface area contributed by atoms with Gasteiger partial charge in [-0.25, -0.2) is 0 Å². The van der Waals surface area contributed by atoms with Crippen molar-refractivity contribution in [1.82, 2.24) is 10.2 Å². The van der Waals surface area contributed by atoms with Gasteiger partial charge in [0.25, 0.3) is 0 Å². The lowest BCUT2D eigenvalue weighted by Gasteiger charge is -2.38. The molecule has 118 valence electrons. The highest BCUT2D eigenvalue weighted by Gasteiger charge is 2.32. The van der Waals surface area contributed by atoms with E-state index in [4.69, 9.17) is 0 Å². The molecule has 1 aromatic rings. The van der Waals surface area contributed by atoms with Gasteiger partial charge in [-0.05, 0) is 23.6 Å². The van der Waals surface area contributed by atoms with Crippen LogP contribution in [-0.4, -0.2) is 31.1 Å². The van der Waals surface area contributed by atoms with Crippen molar-refractivity contribution in [2.24, 2.45) is 5.92 Å².